The first-order valence-corrected chi connectivity index (χ1v) is 15.2. The third-order valence-electron chi connectivity index (χ3n) is 9.33. The second-order valence-electron chi connectivity index (χ2n) is 13.2. The maximum Gasteiger partial charge on any atom is 0.274 e. The van der Waals surface area contributed by atoms with Crippen molar-refractivity contribution in [2.75, 3.05) is 32.0 Å². The summed E-state index contributed by atoms with van der Waals surface area (Å²) in [4.78, 5) is 23.2. The Balaban J connectivity index is 1.25. The molecule has 3 aliphatic rings. The molecule has 43 heavy (non-hydrogen) atoms. The van der Waals surface area contributed by atoms with Crippen molar-refractivity contribution in [3.8, 4) is 0 Å². The third kappa shape index (κ3) is 6.06. The molecule has 1 saturated heterocycles. The van der Waals surface area contributed by atoms with Crippen molar-refractivity contribution >= 4 is 11.6 Å². The van der Waals surface area contributed by atoms with Crippen LogP contribution in [0.5, 0.6) is 0 Å². The third-order valence-corrected chi connectivity index (χ3v) is 9.33. The van der Waals surface area contributed by atoms with E-state index in [4.69, 9.17) is 4.98 Å². The van der Waals surface area contributed by atoms with Crippen LogP contribution in [-0.4, -0.2) is 74.1 Å². The van der Waals surface area contributed by atoms with E-state index in [1.165, 1.54) is 10.9 Å². The van der Waals surface area contributed by atoms with E-state index in [9.17, 15) is 13.6 Å². The zero-order valence-electron chi connectivity index (χ0n) is 25.2. The van der Waals surface area contributed by atoms with Crippen molar-refractivity contribution in [2.24, 2.45) is 13.0 Å². The summed E-state index contributed by atoms with van der Waals surface area (Å²) in [5, 5.41) is 10.5. The van der Waals surface area contributed by atoms with E-state index in [1.807, 2.05) is 6.07 Å². The molecule has 6 rings (SSSR count). The number of pyridine rings is 1. The number of aryl methyl sites for hydroxylation is 1. The minimum absolute atomic E-state index is 0.00128. The lowest BCUT2D eigenvalue weighted by Crippen LogP contribution is -2.53. The molecule has 11 heteroatoms. The van der Waals surface area contributed by atoms with Gasteiger partial charge >= 0.3 is 0 Å². The van der Waals surface area contributed by atoms with Gasteiger partial charge in [0.25, 0.3) is 5.91 Å². The minimum Gasteiger partial charge on any atom is -0.321 e. The van der Waals surface area contributed by atoms with Gasteiger partial charge in [0, 0.05) is 74.8 Å². The van der Waals surface area contributed by atoms with Crippen molar-refractivity contribution < 1.29 is 18.0 Å². The zero-order valence-corrected chi connectivity index (χ0v) is 25.2. The molecule has 1 aliphatic heterocycles. The van der Waals surface area contributed by atoms with Gasteiger partial charge in [0.2, 0.25) is 5.92 Å². The Morgan fingerprint density at radius 1 is 1.12 bits per heavy atom. The predicted octanol–water partition coefficient (Wildman–Crippen LogP) is 5.49. The average Bonchev–Trinajstić information content (AvgIpc) is 3.72. The second kappa shape index (κ2) is 11.3. The molecule has 2 aromatic heterocycles. The number of hydrogen-bond acceptors (Lipinski definition) is 6. The summed E-state index contributed by atoms with van der Waals surface area (Å²) in [6.45, 7) is 8.20. The van der Waals surface area contributed by atoms with Crippen molar-refractivity contribution in [1.82, 2.24) is 29.5 Å². The summed E-state index contributed by atoms with van der Waals surface area (Å²) in [5.74, 6) is -2.50. The van der Waals surface area contributed by atoms with Crippen LogP contribution in [0.3, 0.4) is 0 Å². The normalized spacial score (nSPS) is 22.7. The minimum atomic E-state index is -2.98. The zero-order chi connectivity index (χ0) is 30.5. The molecule has 2 saturated carbocycles. The first kappa shape index (κ1) is 29.7. The molecule has 0 radical (unpaired) electrons. The average molecular weight is 596 g/mol. The van der Waals surface area contributed by atoms with Gasteiger partial charge in [-0.05, 0) is 61.2 Å². The highest BCUT2D eigenvalue weighted by atomic mass is 19.3. The lowest BCUT2D eigenvalue weighted by Gasteiger charge is -2.49. The van der Waals surface area contributed by atoms with Crippen LogP contribution in [-0.2, 0) is 19.0 Å². The van der Waals surface area contributed by atoms with Crippen LogP contribution >= 0.6 is 0 Å². The number of hydrogen-bond donors (Lipinski definition) is 1. The van der Waals surface area contributed by atoms with E-state index in [0.717, 1.165) is 50.3 Å². The summed E-state index contributed by atoms with van der Waals surface area (Å²) in [7, 11) is 3.75. The van der Waals surface area contributed by atoms with Gasteiger partial charge in [-0.3, -0.25) is 9.69 Å². The van der Waals surface area contributed by atoms with Gasteiger partial charge in [0.1, 0.15) is 12.0 Å². The number of anilines is 1. The highest BCUT2D eigenvalue weighted by molar-refractivity contribution is 6.03. The molecule has 230 valence electrons. The fourth-order valence-corrected chi connectivity index (χ4v) is 6.73. The number of carbonyl (C=O) groups is 1. The number of piperazine rings is 1. The smallest absolute Gasteiger partial charge is 0.274 e. The van der Waals surface area contributed by atoms with E-state index in [2.05, 4.69) is 52.3 Å². The van der Waals surface area contributed by atoms with Gasteiger partial charge in [-0.1, -0.05) is 26.0 Å². The highest BCUT2D eigenvalue weighted by Gasteiger charge is 2.62. The number of nitrogens with zero attached hydrogens (tertiary/aromatic N) is 6. The topological polar surface area (TPSA) is 79.2 Å². The Morgan fingerprint density at radius 3 is 2.53 bits per heavy atom. The number of nitrogens with one attached hydrogen (secondary N) is 1. The summed E-state index contributed by atoms with van der Waals surface area (Å²) in [6.07, 6.45) is 0.394. The summed E-state index contributed by atoms with van der Waals surface area (Å²) in [6, 6.07) is 11.0. The van der Waals surface area contributed by atoms with Crippen molar-refractivity contribution in [2.45, 2.75) is 75.5 Å². The fraction of sp³-hybridized carbons (Fsp3) is 0.562. The molecule has 3 heterocycles. The predicted molar refractivity (Wildman–Crippen MR) is 158 cm³/mol. The molecule has 1 aromatic carbocycles. The maximum atomic E-state index is 15.9. The fourth-order valence-electron chi connectivity index (χ4n) is 6.73. The van der Waals surface area contributed by atoms with E-state index >= 15 is 4.39 Å². The van der Waals surface area contributed by atoms with Crippen LogP contribution in [0.4, 0.5) is 18.9 Å². The van der Waals surface area contributed by atoms with Gasteiger partial charge in [-0.15, -0.1) is 10.2 Å². The summed E-state index contributed by atoms with van der Waals surface area (Å²) in [5.41, 5.74) is 1.64. The maximum absolute atomic E-state index is 15.9. The highest BCUT2D eigenvalue weighted by Crippen LogP contribution is 2.60. The molecule has 1 amide bonds. The van der Waals surface area contributed by atoms with Crippen LogP contribution in [0.2, 0.25) is 0 Å². The molecule has 1 unspecified atom stereocenters. The number of benzene rings is 1. The van der Waals surface area contributed by atoms with Crippen LogP contribution in [0.15, 0.2) is 42.7 Å². The Morgan fingerprint density at radius 2 is 1.88 bits per heavy atom. The van der Waals surface area contributed by atoms with E-state index in [0.29, 0.717) is 34.8 Å². The van der Waals surface area contributed by atoms with E-state index in [1.54, 1.807) is 31.3 Å². The van der Waals surface area contributed by atoms with Crippen LogP contribution < -0.4 is 5.32 Å². The Bertz CT molecular complexity index is 1480. The summed E-state index contributed by atoms with van der Waals surface area (Å²) >= 11 is 0. The van der Waals surface area contributed by atoms with Gasteiger partial charge in [-0.25, -0.2) is 18.2 Å². The lowest BCUT2D eigenvalue weighted by molar-refractivity contribution is -0.151. The number of rotatable bonds is 9. The van der Waals surface area contributed by atoms with Crippen LogP contribution in [0, 0.1) is 5.92 Å². The van der Waals surface area contributed by atoms with Crippen molar-refractivity contribution in [1.29, 1.82) is 0 Å². The number of carbonyl (C=O) groups excluding carboxylic acids is 1. The lowest BCUT2D eigenvalue weighted by atomic mass is 9.59. The Hall–Kier alpha value is -3.31. The molecule has 0 spiro atoms. The SMILES string of the molecule is CC(C)C1CN(C)CCN1Cc1cc(C(=O)Nc2cccc(C3([C@H](F)c4nncn4C)CC(F)(F)C3)c2)nc(C2CC2)c1. The summed E-state index contributed by atoms with van der Waals surface area (Å²) < 4.78 is 45.9. The number of halogens is 3. The molecule has 2 aliphatic carbocycles. The molecule has 1 N–H and O–H groups in total. The quantitative estimate of drug-likeness (QED) is 0.353. The molecular formula is C32H40F3N7O. The van der Waals surface area contributed by atoms with E-state index < -0.39 is 30.4 Å². The van der Waals surface area contributed by atoms with Gasteiger partial charge < -0.3 is 14.8 Å². The largest absolute Gasteiger partial charge is 0.321 e. The standard InChI is InChI=1S/C32H40F3N7O/c1-20(2)27-16-40(3)10-11-42(27)15-21-12-25(22-8-9-22)38-26(13-21)30(43)37-24-7-5-6-23(14-24)31(17-32(34,35)18-31)28(33)29-39-36-19-41(29)4/h5-7,12-14,19-20,22,27-28H,8-11,15-18H2,1-4H3,(H,37,43)/t27?,28-/m1/s1. The number of amides is 1. The molecule has 3 fully saturated rings. The van der Waals surface area contributed by atoms with Crippen molar-refractivity contribution in [3.63, 3.8) is 0 Å². The molecule has 0 bridgehead atoms. The van der Waals surface area contributed by atoms with Crippen LogP contribution in [0.1, 0.15) is 84.8 Å². The second-order valence-corrected chi connectivity index (χ2v) is 13.2. The van der Waals surface area contributed by atoms with Gasteiger partial charge in [-0.2, -0.15) is 0 Å². The van der Waals surface area contributed by atoms with Gasteiger partial charge in [0.15, 0.2) is 12.0 Å². The molecule has 2 atom stereocenters. The number of aromatic nitrogens is 4. The van der Waals surface area contributed by atoms with Crippen molar-refractivity contribution in [3.05, 3.63) is 71.1 Å². The Labute approximate surface area is 250 Å². The number of alkyl halides is 3. The first-order valence-electron chi connectivity index (χ1n) is 15.2. The monoisotopic (exact) mass is 595 g/mol. The van der Waals surface area contributed by atoms with E-state index in [-0.39, 0.29) is 11.7 Å². The van der Waals surface area contributed by atoms with Crippen LogP contribution in [0.25, 0.3) is 0 Å². The first-order chi connectivity index (χ1) is 20.4. The Kier molecular flexibility index (Phi) is 7.83. The molecule has 8 nitrogen and oxygen atoms in total. The van der Waals surface area contributed by atoms with Gasteiger partial charge in [0.05, 0.1) is 0 Å². The molecular weight excluding hydrogens is 555 g/mol. The molecule has 3 aromatic rings. The number of likely N-dealkylation sites (N-methyl/N-ethyl adjacent to an activating group) is 1.